The number of anilines is 1. The van der Waals surface area contributed by atoms with Crippen molar-refractivity contribution >= 4 is 11.8 Å². The number of halogens is 3. The van der Waals surface area contributed by atoms with Gasteiger partial charge in [-0.05, 0) is 30.4 Å². The molecule has 2 aliphatic rings. The maximum absolute atomic E-state index is 12.8. The Morgan fingerprint density at radius 1 is 1.29 bits per heavy atom. The number of hydrogen-bond acceptors (Lipinski definition) is 3. The van der Waals surface area contributed by atoms with Gasteiger partial charge in [0.25, 0.3) is 0 Å². The highest BCUT2D eigenvalue weighted by atomic mass is 19.4. The van der Waals surface area contributed by atoms with E-state index in [0.29, 0.717) is 11.7 Å². The van der Waals surface area contributed by atoms with Gasteiger partial charge in [-0.25, -0.2) is 9.78 Å². The molecule has 1 aromatic heterocycles. The molecule has 0 aromatic carbocycles. The Kier molecular flexibility index (Phi) is 4.42. The number of rotatable bonds is 2. The van der Waals surface area contributed by atoms with E-state index in [1.165, 1.54) is 11.3 Å². The van der Waals surface area contributed by atoms with Crippen LogP contribution in [0.5, 0.6) is 0 Å². The zero-order valence-electron chi connectivity index (χ0n) is 13.1. The summed E-state index contributed by atoms with van der Waals surface area (Å²) in [6, 6.07) is 3.13. The molecule has 5 nitrogen and oxygen atoms in total. The van der Waals surface area contributed by atoms with Crippen LogP contribution >= 0.6 is 0 Å². The molecule has 2 N–H and O–H groups in total. The molecule has 0 spiro atoms. The monoisotopic (exact) mass is 343 g/mol. The summed E-state index contributed by atoms with van der Waals surface area (Å²) < 4.78 is 38.3. The van der Waals surface area contributed by atoms with Crippen LogP contribution in [0.15, 0.2) is 18.3 Å². The Morgan fingerprint density at radius 3 is 2.42 bits per heavy atom. The van der Waals surface area contributed by atoms with E-state index in [1.54, 1.807) is 12.3 Å². The Balaban J connectivity index is 1.54. The Morgan fingerprint density at radius 2 is 1.96 bits per heavy atom. The second-order valence-corrected chi connectivity index (χ2v) is 6.55. The molecule has 1 aliphatic heterocycles. The molecule has 0 radical (unpaired) electrons. The first-order valence-electron chi connectivity index (χ1n) is 8.09. The van der Waals surface area contributed by atoms with Crippen LogP contribution in [0.1, 0.15) is 43.6 Å². The second kappa shape index (κ2) is 6.23. The smallest absolute Gasteiger partial charge is 0.380 e. The molecule has 24 heavy (non-hydrogen) atoms. The van der Waals surface area contributed by atoms with Crippen LogP contribution in [-0.2, 0) is 0 Å². The van der Waals surface area contributed by atoms with Gasteiger partial charge < -0.3 is 10.0 Å². The SMILES string of the molecule is O=C(Nc1ccc(C2CCC2)cn1)N1CCC(O)(C(F)(F)F)CC1. The topological polar surface area (TPSA) is 65.5 Å². The summed E-state index contributed by atoms with van der Waals surface area (Å²) in [5.41, 5.74) is -1.56. The van der Waals surface area contributed by atoms with Gasteiger partial charge in [0.2, 0.25) is 0 Å². The summed E-state index contributed by atoms with van der Waals surface area (Å²) >= 11 is 0. The van der Waals surface area contributed by atoms with Gasteiger partial charge in [0.05, 0.1) is 0 Å². The van der Waals surface area contributed by atoms with Gasteiger partial charge in [0.15, 0.2) is 5.60 Å². The number of alkyl halides is 3. The van der Waals surface area contributed by atoms with Crippen LogP contribution in [-0.4, -0.2) is 45.9 Å². The van der Waals surface area contributed by atoms with Gasteiger partial charge in [0.1, 0.15) is 5.82 Å². The Bertz CT molecular complexity index is 592. The zero-order chi connectivity index (χ0) is 17.4. The summed E-state index contributed by atoms with van der Waals surface area (Å²) in [5, 5.41) is 12.2. The molecule has 1 aliphatic carbocycles. The first-order valence-corrected chi connectivity index (χ1v) is 8.09. The van der Waals surface area contributed by atoms with E-state index in [4.69, 9.17) is 0 Å². The number of hydrogen-bond donors (Lipinski definition) is 2. The highest BCUT2D eigenvalue weighted by Crippen LogP contribution is 2.38. The third kappa shape index (κ3) is 3.33. The molecule has 0 bridgehead atoms. The summed E-state index contributed by atoms with van der Waals surface area (Å²) in [7, 11) is 0. The van der Waals surface area contributed by atoms with Crippen molar-refractivity contribution < 1.29 is 23.1 Å². The molecule has 0 atom stereocenters. The zero-order valence-corrected chi connectivity index (χ0v) is 13.1. The lowest BCUT2D eigenvalue weighted by molar-refractivity contribution is -0.271. The third-order valence-corrected chi connectivity index (χ3v) is 5.00. The van der Waals surface area contributed by atoms with Crippen LogP contribution in [0.25, 0.3) is 0 Å². The van der Waals surface area contributed by atoms with Crippen LogP contribution in [0.3, 0.4) is 0 Å². The van der Waals surface area contributed by atoms with E-state index >= 15 is 0 Å². The number of nitrogens with one attached hydrogen (secondary N) is 1. The molecular weight excluding hydrogens is 323 g/mol. The Hall–Kier alpha value is -1.83. The van der Waals surface area contributed by atoms with Crippen molar-refractivity contribution in [2.45, 2.75) is 49.8 Å². The van der Waals surface area contributed by atoms with Gasteiger partial charge in [-0.15, -0.1) is 0 Å². The lowest BCUT2D eigenvalue weighted by Gasteiger charge is -2.38. The van der Waals surface area contributed by atoms with Crippen LogP contribution < -0.4 is 5.32 Å². The van der Waals surface area contributed by atoms with Gasteiger partial charge in [-0.2, -0.15) is 13.2 Å². The number of carbonyl (C=O) groups is 1. The van der Waals surface area contributed by atoms with E-state index in [1.807, 2.05) is 6.07 Å². The summed E-state index contributed by atoms with van der Waals surface area (Å²) in [6.45, 7) is -0.302. The summed E-state index contributed by atoms with van der Waals surface area (Å²) in [4.78, 5) is 17.6. The number of piperidine rings is 1. The van der Waals surface area contributed by atoms with Crippen molar-refractivity contribution in [3.8, 4) is 0 Å². The summed E-state index contributed by atoms with van der Waals surface area (Å²) in [5.74, 6) is 0.920. The van der Waals surface area contributed by atoms with Crippen molar-refractivity contribution in [3.05, 3.63) is 23.9 Å². The number of likely N-dealkylation sites (tertiary alicyclic amines) is 1. The number of carbonyl (C=O) groups excluding carboxylic acids is 1. The quantitative estimate of drug-likeness (QED) is 0.866. The summed E-state index contributed by atoms with van der Waals surface area (Å²) in [6.07, 6.45) is -0.433. The predicted octanol–water partition coefficient (Wildman–Crippen LogP) is 3.27. The molecular formula is C16H20F3N3O2. The number of aliphatic hydroxyl groups is 1. The fraction of sp³-hybridized carbons (Fsp3) is 0.625. The molecule has 8 heteroatoms. The number of urea groups is 1. The first kappa shape index (κ1) is 17.0. The number of aromatic nitrogens is 1. The van der Waals surface area contributed by atoms with Crippen LogP contribution in [0, 0.1) is 0 Å². The largest absolute Gasteiger partial charge is 0.417 e. The lowest BCUT2D eigenvalue weighted by atomic mass is 9.81. The molecule has 0 unspecified atom stereocenters. The minimum atomic E-state index is -4.67. The normalized spacial score (nSPS) is 21.2. The molecule has 1 aromatic rings. The van der Waals surface area contributed by atoms with Crippen molar-refractivity contribution in [1.82, 2.24) is 9.88 Å². The fourth-order valence-electron chi connectivity index (χ4n) is 3.01. The van der Waals surface area contributed by atoms with Crippen LogP contribution in [0.4, 0.5) is 23.8 Å². The minimum absolute atomic E-state index is 0.151. The predicted molar refractivity (Wildman–Crippen MR) is 81.7 cm³/mol. The maximum Gasteiger partial charge on any atom is 0.417 e. The van der Waals surface area contributed by atoms with E-state index in [-0.39, 0.29) is 13.1 Å². The lowest BCUT2D eigenvalue weighted by Crippen LogP contribution is -2.55. The molecule has 2 heterocycles. The number of pyridine rings is 1. The second-order valence-electron chi connectivity index (χ2n) is 6.55. The number of amides is 2. The molecule has 2 amide bonds. The minimum Gasteiger partial charge on any atom is -0.380 e. The van der Waals surface area contributed by atoms with Gasteiger partial charge in [-0.3, -0.25) is 5.32 Å². The van der Waals surface area contributed by atoms with E-state index < -0.39 is 30.7 Å². The fourth-order valence-corrected chi connectivity index (χ4v) is 3.01. The van der Waals surface area contributed by atoms with Crippen molar-refractivity contribution in [1.29, 1.82) is 0 Å². The maximum atomic E-state index is 12.8. The van der Waals surface area contributed by atoms with Gasteiger partial charge in [-0.1, -0.05) is 12.5 Å². The van der Waals surface area contributed by atoms with Crippen molar-refractivity contribution in [2.75, 3.05) is 18.4 Å². The van der Waals surface area contributed by atoms with Gasteiger partial charge in [0, 0.05) is 32.1 Å². The molecule has 132 valence electrons. The standard InChI is InChI=1S/C16H20F3N3O2/c17-16(18,19)15(24)6-8-22(9-7-15)14(23)21-13-5-4-12(10-20-13)11-2-1-3-11/h4-5,10-11,24H,1-3,6-9H2,(H,20,21,23). The average Bonchev–Trinajstić information content (AvgIpc) is 2.47. The van der Waals surface area contributed by atoms with E-state index in [2.05, 4.69) is 10.3 Å². The average molecular weight is 343 g/mol. The first-order chi connectivity index (χ1) is 11.3. The molecule has 3 rings (SSSR count). The molecule has 1 saturated heterocycles. The highest BCUT2D eigenvalue weighted by molar-refractivity contribution is 5.88. The van der Waals surface area contributed by atoms with Gasteiger partial charge >= 0.3 is 12.2 Å². The van der Waals surface area contributed by atoms with E-state index in [0.717, 1.165) is 18.4 Å². The molecule has 1 saturated carbocycles. The van der Waals surface area contributed by atoms with Crippen LogP contribution in [0.2, 0.25) is 0 Å². The highest BCUT2D eigenvalue weighted by Gasteiger charge is 2.54. The van der Waals surface area contributed by atoms with Crippen molar-refractivity contribution in [2.24, 2.45) is 0 Å². The van der Waals surface area contributed by atoms with Crippen molar-refractivity contribution in [3.63, 3.8) is 0 Å². The Labute approximate surface area is 137 Å². The number of nitrogens with zero attached hydrogens (tertiary/aromatic N) is 2. The van der Waals surface area contributed by atoms with E-state index in [9.17, 15) is 23.1 Å². The molecule has 2 fully saturated rings. The third-order valence-electron chi connectivity index (χ3n) is 5.00.